The fourth-order valence-electron chi connectivity index (χ4n) is 3.09. The summed E-state index contributed by atoms with van der Waals surface area (Å²) in [5.41, 5.74) is 1.57. The number of carbonyl (C=O) groups is 1. The minimum atomic E-state index is -0.702. The predicted octanol–water partition coefficient (Wildman–Crippen LogP) is 2.56. The summed E-state index contributed by atoms with van der Waals surface area (Å²) in [5.74, 6) is -0.663. The third-order valence-electron chi connectivity index (χ3n) is 4.58. The standard InChI is InChI=1S/C19H18N6O4/c26-18(16-6-7-17(29-16)25(27)28)22-14-12-20-19(21-13-14)24-10-8-23(9-11-24)15-4-2-1-3-5-15/h1-7,12-13H,8-11H2,(H,22,26). The van der Waals surface area contributed by atoms with Crippen LogP contribution in [-0.2, 0) is 0 Å². The Morgan fingerprint density at radius 1 is 1.00 bits per heavy atom. The zero-order valence-electron chi connectivity index (χ0n) is 15.4. The second kappa shape index (κ2) is 7.97. The molecule has 1 amide bonds. The first kappa shape index (κ1) is 18.4. The van der Waals surface area contributed by atoms with Gasteiger partial charge in [-0.3, -0.25) is 14.9 Å². The molecule has 0 spiro atoms. The number of furan rings is 1. The summed E-state index contributed by atoms with van der Waals surface area (Å²) in [6, 6.07) is 12.6. The molecule has 1 aliphatic rings. The molecule has 0 aliphatic carbocycles. The van der Waals surface area contributed by atoms with Gasteiger partial charge in [-0.2, -0.15) is 0 Å². The molecule has 1 fully saturated rings. The van der Waals surface area contributed by atoms with E-state index in [9.17, 15) is 14.9 Å². The number of nitrogens with one attached hydrogen (secondary N) is 1. The molecule has 1 aromatic carbocycles. The number of benzene rings is 1. The Kier molecular flexibility index (Phi) is 5.06. The predicted molar refractivity (Wildman–Crippen MR) is 106 cm³/mol. The van der Waals surface area contributed by atoms with Gasteiger partial charge in [-0.1, -0.05) is 18.2 Å². The highest BCUT2D eigenvalue weighted by molar-refractivity contribution is 6.02. The first-order chi connectivity index (χ1) is 14.1. The molecular weight excluding hydrogens is 376 g/mol. The van der Waals surface area contributed by atoms with Gasteiger partial charge in [0.25, 0.3) is 5.91 Å². The minimum absolute atomic E-state index is 0.155. The lowest BCUT2D eigenvalue weighted by Crippen LogP contribution is -2.47. The Hall–Kier alpha value is -3.95. The zero-order chi connectivity index (χ0) is 20.2. The van der Waals surface area contributed by atoms with Gasteiger partial charge in [0, 0.05) is 31.9 Å². The maximum Gasteiger partial charge on any atom is 0.433 e. The molecule has 4 rings (SSSR count). The van der Waals surface area contributed by atoms with Crippen molar-refractivity contribution in [2.45, 2.75) is 0 Å². The van der Waals surface area contributed by atoms with Gasteiger partial charge in [0.1, 0.15) is 4.92 Å². The molecule has 0 saturated carbocycles. The van der Waals surface area contributed by atoms with Crippen molar-refractivity contribution in [2.75, 3.05) is 41.3 Å². The van der Waals surface area contributed by atoms with Crippen molar-refractivity contribution in [3.63, 3.8) is 0 Å². The Morgan fingerprint density at radius 3 is 2.28 bits per heavy atom. The fourth-order valence-corrected chi connectivity index (χ4v) is 3.09. The van der Waals surface area contributed by atoms with Gasteiger partial charge in [0.2, 0.25) is 5.95 Å². The second-order valence-corrected chi connectivity index (χ2v) is 6.43. The van der Waals surface area contributed by atoms with Gasteiger partial charge >= 0.3 is 5.88 Å². The Balaban J connectivity index is 1.34. The largest absolute Gasteiger partial charge is 0.433 e. The third kappa shape index (κ3) is 4.15. The SMILES string of the molecule is O=C(Nc1cnc(N2CCN(c3ccccc3)CC2)nc1)c1ccc([N+](=O)[O-])o1. The number of hydrogen-bond donors (Lipinski definition) is 1. The summed E-state index contributed by atoms with van der Waals surface area (Å²) in [4.78, 5) is 35.1. The van der Waals surface area contributed by atoms with E-state index in [1.165, 1.54) is 24.1 Å². The van der Waals surface area contributed by atoms with E-state index < -0.39 is 16.7 Å². The van der Waals surface area contributed by atoms with Crippen molar-refractivity contribution in [1.29, 1.82) is 0 Å². The molecule has 10 nitrogen and oxygen atoms in total. The molecule has 1 N–H and O–H groups in total. The summed E-state index contributed by atoms with van der Waals surface area (Å²) in [6.45, 7) is 3.31. The van der Waals surface area contributed by atoms with Crippen LogP contribution in [0.2, 0.25) is 0 Å². The first-order valence-corrected chi connectivity index (χ1v) is 9.03. The average Bonchev–Trinajstić information content (AvgIpc) is 3.26. The van der Waals surface area contributed by atoms with E-state index in [1.807, 2.05) is 18.2 Å². The van der Waals surface area contributed by atoms with Crippen LogP contribution in [0.15, 0.2) is 59.3 Å². The fraction of sp³-hybridized carbons (Fsp3) is 0.211. The van der Waals surface area contributed by atoms with E-state index in [-0.39, 0.29) is 5.76 Å². The molecule has 148 valence electrons. The lowest BCUT2D eigenvalue weighted by Gasteiger charge is -2.36. The normalized spacial score (nSPS) is 13.9. The number of nitro groups is 1. The summed E-state index contributed by atoms with van der Waals surface area (Å²) in [5, 5.41) is 13.2. The smallest absolute Gasteiger partial charge is 0.395 e. The zero-order valence-corrected chi connectivity index (χ0v) is 15.4. The Bertz CT molecular complexity index is 997. The van der Waals surface area contributed by atoms with Crippen LogP contribution in [0.3, 0.4) is 0 Å². The molecular formula is C19H18N6O4. The highest BCUT2D eigenvalue weighted by Gasteiger charge is 2.20. The topological polar surface area (TPSA) is 118 Å². The van der Waals surface area contributed by atoms with Crippen molar-refractivity contribution >= 4 is 29.1 Å². The van der Waals surface area contributed by atoms with E-state index in [1.54, 1.807) is 0 Å². The molecule has 3 heterocycles. The number of nitrogens with zero attached hydrogens (tertiary/aromatic N) is 5. The molecule has 0 radical (unpaired) electrons. The van der Waals surface area contributed by atoms with Crippen LogP contribution in [0.5, 0.6) is 0 Å². The van der Waals surface area contributed by atoms with E-state index in [0.717, 1.165) is 32.2 Å². The summed E-state index contributed by atoms with van der Waals surface area (Å²) >= 11 is 0. The summed E-state index contributed by atoms with van der Waals surface area (Å²) in [7, 11) is 0. The maximum atomic E-state index is 12.1. The molecule has 0 atom stereocenters. The van der Waals surface area contributed by atoms with Gasteiger partial charge in [0.05, 0.1) is 24.1 Å². The van der Waals surface area contributed by atoms with Gasteiger partial charge in [0.15, 0.2) is 5.76 Å². The van der Waals surface area contributed by atoms with Crippen molar-refractivity contribution in [3.8, 4) is 0 Å². The molecule has 29 heavy (non-hydrogen) atoms. The highest BCUT2D eigenvalue weighted by atomic mass is 16.6. The van der Waals surface area contributed by atoms with Crippen molar-refractivity contribution in [1.82, 2.24) is 9.97 Å². The van der Waals surface area contributed by atoms with E-state index in [2.05, 4.69) is 37.2 Å². The van der Waals surface area contributed by atoms with E-state index in [4.69, 9.17) is 4.42 Å². The first-order valence-electron chi connectivity index (χ1n) is 9.03. The number of amides is 1. The van der Waals surface area contributed by atoms with Crippen molar-refractivity contribution in [2.24, 2.45) is 0 Å². The number of piperazine rings is 1. The van der Waals surface area contributed by atoms with Crippen LogP contribution in [-0.4, -0.2) is 47.0 Å². The maximum absolute atomic E-state index is 12.1. The molecule has 1 aliphatic heterocycles. The lowest BCUT2D eigenvalue weighted by atomic mass is 10.2. The van der Waals surface area contributed by atoms with Crippen LogP contribution in [0.25, 0.3) is 0 Å². The third-order valence-corrected chi connectivity index (χ3v) is 4.58. The summed E-state index contributed by atoms with van der Waals surface area (Å²) in [6.07, 6.45) is 3.00. The molecule has 1 saturated heterocycles. The monoisotopic (exact) mass is 394 g/mol. The average molecular weight is 394 g/mol. The molecule has 0 unspecified atom stereocenters. The number of rotatable bonds is 5. The van der Waals surface area contributed by atoms with Crippen LogP contribution in [0, 0.1) is 10.1 Å². The Morgan fingerprint density at radius 2 is 1.66 bits per heavy atom. The number of para-hydroxylation sites is 1. The molecule has 10 heteroatoms. The van der Waals surface area contributed by atoms with E-state index >= 15 is 0 Å². The van der Waals surface area contributed by atoms with E-state index in [0.29, 0.717) is 11.6 Å². The van der Waals surface area contributed by atoms with Crippen molar-refractivity contribution in [3.05, 3.63) is 70.7 Å². The quantitative estimate of drug-likeness (QED) is 0.518. The second-order valence-electron chi connectivity index (χ2n) is 6.43. The van der Waals surface area contributed by atoms with Gasteiger partial charge in [-0.05, 0) is 18.2 Å². The summed E-state index contributed by atoms with van der Waals surface area (Å²) < 4.78 is 4.88. The molecule has 3 aromatic rings. The minimum Gasteiger partial charge on any atom is -0.395 e. The molecule has 0 bridgehead atoms. The number of aromatic nitrogens is 2. The van der Waals surface area contributed by atoms with Crippen molar-refractivity contribution < 1.29 is 14.1 Å². The van der Waals surface area contributed by atoms with Gasteiger partial charge in [-0.25, -0.2) is 9.97 Å². The lowest BCUT2D eigenvalue weighted by molar-refractivity contribution is -0.402. The van der Waals surface area contributed by atoms with Gasteiger partial charge < -0.3 is 19.5 Å². The highest BCUT2D eigenvalue weighted by Crippen LogP contribution is 2.19. The van der Waals surface area contributed by atoms with Crippen LogP contribution in [0.4, 0.5) is 23.2 Å². The van der Waals surface area contributed by atoms with Gasteiger partial charge in [-0.15, -0.1) is 0 Å². The Labute approximate surface area is 165 Å². The number of hydrogen-bond acceptors (Lipinski definition) is 8. The molecule has 2 aromatic heterocycles. The number of anilines is 3. The van der Waals surface area contributed by atoms with Crippen LogP contribution < -0.4 is 15.1 Å². The van der Waals surface area contributed by atoms with Crippen LogP contribution in [0.1, 0.15) is 10.6 Å². The van der Waals surface area contributed by atoms with Crippen LogP contribution >= 0.6 is 0 Å². The number of carbonyl (C=O) groups excluding carboxylic acids is 1.